The average molecular weight is 412 g/mol. The number of carbonyl (C=O) groups excluding carboxylic acids is 1. The second-order valence-corrected chi connectivity index (χ2v) is 9.62. The van der Waals surface area contributed by atoms with Crippen LogP contribution in [0.25, 0.3) is 0 Å². The number of nitrogens with zero attached hydrogens (tertiary/aromatic N) is 2. The number of hydrogen-bond acceptors (Lipinski definition) is 6. The zero-order chi connectivity index (χ0) is 20.4. The van der Waals surface area contributed by atoms with Crippen molar-refractivity contribution in [3.63, 3.8) is 0 Å². The first-order valence-electron chi connectivity index (χ1n) is 9.65. The van der Waals surface area contributed by atoms with E-state index in [4.69, 9.17) is 9.47 Å². The first-order valence-corrected chi connectivity index (χ1v) is 11.1. The van der Waals surface area contributed by atoms with Gasteiger partial charge in [-0.3, -0.25) is 4.79 Å². The lowest BCUT2D eigenvalue weighted by molar-refractivity contribution is -0.131. The molecule has 28 heavy (non-hydrogen) atoms. The van der Waals surface area contributed by atoms with Gasteiger partial charge in [0.2, 0.25) is 15.9 Å². The number of fused-ring (bicyclic) bond motifs is 1. The smallest absolute Gasteiger partial charge is 0.243 e. The number of ether oxygens (including phenoxy) is 2. The highest BCUT2D eigenvalue weighted by Gasteiger charge is 2.31. The Labute approximate surface area is 166 Å². The SMILES string of the molecule is CCC(C)(C)NCC(=O)N1CCN(S(=O)(=O)c2ccc3c(c2)OCCO3)CC1. The van der Waals surface area contributed by atoms with E-state index in [1.54, 1.807) is 11.0 Å². The van der Waals surface area contributed by atoms with Crippen molar-refractivity contribution in [1.82, 2.24) is 14.5 Å². The molecule has 0 atom stereocenters. The summed E-state index contributed by atoms with van der Waals surface area (Å²) >= 11 is 0. The second-order valence-electron chi connectivity index (χ2n) is 7.68. The van der Waals surface area contributed by atoms with Crippen molar-refractivity contribution in [3.8, 4) is 11.5 Å². The van der Waals surface area contributed by atoms with Gasteiger partial charge in [-0.15, -0.1) is 0 Å². The van der Waals surface area contributed by atoms with E-state index in [2.05, 4.69) is 26.1 Å². The third-order valence-corrected chi connectivity index (χ3v) is 7.24. The van der Waals surface area contributed by atoms with Crippen molar-refractivity contribution in [1.29, 1.82) is 0 Å². The van der Waals surface area contributed by atoms with Crippen LogP contribution in [0.4, 0.5) is 0 Å². The maximum Gasteiger partial charge on any atom is 0.243 e. The van der Waals surface area contributed by atoms with Gasteiger partial charge in [0.1, 0.15) is 13.2 Å². The van der Waals surface area contributed by atoms with Crippen molar-refractivity contribution in [2.24, 2.45) is 0 Å². The Morgan fingerprint density at radius 1 is 1.11 bits per heavy atom. The third kappa shape index (κ3) is 4.59. The van der Waals surface area contributed by atoms with E-state index in [0.717, 1.165) is 6.42 Å². The van der Waals surface area contributed by atoms with E-state index in [-0.39, 0.29) is 36.0 Å². The van der Waals surface area contributed by atoms with Crippen molar-refractivity contribution in [2.75, 3.05) is 45.9 Å². The maximum atomic E-state index is 13.0. The molecule has 1 amide bonds. The van der Waals surface area contributed by atoms with Gasteiger partial charge in [0.05, 0.1) is 11.4 Å². The zero-order valence-corrected chi connectivity index (χ0v) is 17.5. The molecular weight excluding hydrogens is 382 g/mol. The highest BCUT2D eigenvalue weighted by molar-refractivity contribution is 7.89. The zero-order valence-electron chi connectivity index (χ0n) is 16.7. The normalized spacial score (nSPS) is 18.2. The van der Waals surface area contributed by atoms with Crippen LogP contribution in [-0.2, 0) is 14.8 Å². The number of amides is 1. The molecule has 9 heteroatoms. The predicted octanol–water partition coefficient (Wildman–Crippen LogP) is 1.07. The Balaban J connectivity index is 1.60. The van der Waals surface area contributed by atoms with E-state index >= 15 is 0 Å². The summed E-state index contributed by atoms with van der Waals surface area (Å²) in [6.07, 6.45) is 0.918. The topological polar surface area (TPSA) is 88.2 Å². The Kier molecular flexibility index (Phi) is 6.16. The molecule has 3 rings (SSSR count). The molecule has 0 bridgehead atoms. The molecule has 1 N–H and O–H groups in total. The van der Waals surface area contributed by atoms with Gasteiger partial charge in [-0.25, -0.2) is 8.42 Å². The molecule has 1 fully saturated rings. The molecule has 1 aromatic rings. The molecule has 156 valence electrons. The minimum Gasteiger partial charge on any atom is -0.486 e. The van der Waals surface area contributed by atoms with Crippen LogP contribution >= 0.6 is 0 Å². The standard InChI is InChI=1S/C19H29N3O5S/c1-4-19(2,3)20-14-18(23)21-7-9-22(10-8-21)28(24,25)15-5-6-16-17(13-15)27-12-11-26-16/h5-6,13,20H,4,7-12,14H2,1-3H3. The monoisotopic (exact) mass is 411 g/mol. The largest absolute Gasteiger partial charge is 0.486 e. The van der Waals surface area contributed by atoms with Gasteiger partial charge in [0, 0.05) is 37.8 Å². The summed E-state index contributed by atoms with van der Waals surface area (Å²) in [5.74, 6) is 1.01. The van der Waals surface area contributed by atoms with Crippen LogP contribution in [0.15, 0.2) is 23.1 Å². The minimum atomic E-state index is -3.64. The Morgan fingerprint density at radius 3 is 2.39 bits per heavy atom. The number of sulfonamides is 1. The van der Waals surface area contributed by atoms with E-state index in [1.165, 1.54) is 16.4 Å². The van der Waals surface area contributed by atoms with Gasteiger partial charge in [-0.2, -0.15) is 4.31 Å². The van der Waals surface area contributed by atoms with E-state index in [0.29, 0.717) is 37.8 Å². The molecular formula is C19H29N3O5S. The molecule has 1 saturated heterocycles. The fourth-order valence-corrected chi connectivity index (χ4v) is 4.50. The summed E-state index contributed by atoms with van der Waals surface area (Å²) < 4.78 is 38.3. The average Bonchev–Trinajstić information content (AvgIpc) is 2.71. The molecule has 0 radical (unpaired) electrons. The van der Waals surface area contributed by atoms with Gasteiger partial charge < -0.3 is 19.7 Å². The summed E-state index contributed by atoms with van der Waals surface area (Å²) in [5, 5.41) is 3.25. The van der Waals surface area contributed by atoms with Gasteiger partial charge in [0.25, 0.3) is 0 Å². The highest BCUT2D eigenvalue weighted by atomic mass is 32.2. The Bertz CT molecular complexity index is 817. The molecule has 2 aliphatic rings. The van der Waals surface area contributed by atoms with Gasteiger partial charge in [0.15, 0.2) is 11.5 Å². The lowest BCUT2D eigenvalue weighted by Gasteiger charge is -2.35. The number of rotatable bonds is 6. The van der Waals surface area contributed by atoms with Crippen LogP contribution in [0.5, 0.6) is 11.5 Å². The number of hydrogen-bond donors (Lipinski definition) is 1. The first kappa shape index (κ1) is 20.9. The fraction of sp³-hybridized carbons (Fsp3) is 0.632. The summed E-state index contributed by atoms with van der Waals surface area (Å²) in [6.45, 7) is 8.62. The van der Waals surface area contributed by atoms with E-state index in [9.17, 15) is 13.2 Å². The van der Waals surface area contributed by atoms with Crippen molar-refractivity contribution < 1.29 is 22.7 Å². The van der Waals surface area contributed by atoms with E-state index < -0.39 is 10.0 Å². The molecule has 0 aromatic heterocycles. The van der Waals surface area contributed by atoms with Crippen LogP contribution in [0, 0.1) is 0 Å². The number of benzene rings is 1. The van der Waals surface area contributed by atoms with Crippen LogP contribution in [0.1, 0.15) is 27.2 Å². The van der Waals surface area contributed by atoms with Crippen LogP contribution in [-0.4, -0.2) is 75.0 Å². The molecule has 0 unspecified atom stereocenters. The molecule has 2 aliphatic heterocycles. The number of carbonyl (C=O) groups is 1. The van der Waals surface area contributed by atoms with Crippen LogP contribution in [0.3, 0.4) is 0 Å². The number of nitrogens with one attached hydrogen (secondary N) is 1. The van der Waals surface area contributed by atoms with Gasteiger partial charge in [-0.05, 0) is 32.4 Å². The maximum absolute atomic E-state index is 13.0. The fourth-order valence-electron chi connectivity index (χ4n) is 3.06. The Hall–Kier alpha value is -1.84. The molecule has 0 spiro atoms. The van der Waals surface area contributed by atoms with Crippen LogP contribution in [0.2, 0.25) is 0 Å². The lowest BCUT2D eigenvalue weighted by atomic mass is 10.0. The summed E-state index contributed by atoms with van der Waals surface area (Å²) in [7, 11) is -3.64. The van der Waals surface area contributed by atoms with Gasteiger partial charge >= 0.3 is 0 Å². The minimum absolute atomic E-state index is 0.00194. The summed E-state index contributed by atoms with van der Waals surface area (Å²) in [6, 6.07) is 4.68. The quantitative estimate of drug-likeness (QED) is 0.753. The van der Waals surface area contributed by atoms with Crippen molar-refractivity contribution in [2.45, 2.75) is 37.6 Å². The molecule has 8 nitrogen and oxygen atoms in total. The predicted molar refractivity (Wildman–Crippen MR) is 105 cm³/mol. The summed E-state index contributed by atoms with van der Waals surface area (Å²) in [4.78, 5) is 14.3. The lowest BCUT2D eigenvalue weighted by Crippen LogP contribution is -2.53. The van der Waals surface area contributed by atoms with Gasteiger partial charge in [-0.1, -0.05) is 6.92 Å². The van der Waals surface area contributed by atoms with E-state index in [1.807, 2.05) is 0 Å². The number of piperazine rings is 1. The third-order valence-electron chi connectivity index (χ3n) is 5.34. The molecule has 0 saturated carbocycles. The first-order chi connectivity index (χ1) is 13.2. The van der Waals surface area contributed by atoms with Crippen molar-refractivity contribution >= 4 is 15.9 Å². The van der Waals surface area contributed by atoms with Crippen LogP contribution < -0.4 is 14.8 Å². The molecule has 2 heterocycles. The Morgan fingerprint density at radius 2 is 1.75 bits per heavy atom. The highest BCUT2D eigenvalue weighted by Crippen LogP contribution is 2.33. The summed E-state index contributed by atoms with van der Waals surface area (Å²) in [5.41, 5.74) is -0.0982. The second kappa shape index (κ2) is 8.26. The molecule has 0 aliphatic carbocycles. The molecule has 1 aromatic carbocycles. The van der Waals surface area contributed by atoms with Crippen molar-refractivity contribution in [3.05, 3.63) is 18.2 Å².